The van der Waals surface area contributed by atoms with Gasteiger partial charge in [0.25, 0.3) is 0 Å². The molecule has 1 unspecified atom stereocenters. The molecule has 1 aromatic heterocycles. The van der Waals surface area contributed by atoms with E-state index >= 15 is 0 Å². The van der Waals surface area contributed by atoms with Gasteiger partial charge in [0.2, 0.25) is 5.91 Å². The average Bonchev–Trinajstić information content (AvgIpc) is 3.05. The van der Waals surface area contributed by atoms with Crippen LogP contribution in [0, 0.1) is 18.8 Å². The van der Waals surface area contributed by atoms with Crippen molar-refractivity contribution in [1.29, 1.82) is 0 Å². The highest BCUT2D eigenvalue weighted by molar-refractivity contribution is 5.78. The van der Waals surface area contributed by atoms with E-state index in [0.717, 1.165) is 26.1 Å². The van der Waals surface area contributed by atoms with E-state index in [2.05, 4.69) is 16.5 Å². The first-order valence-electron chi connectivity index (χ1n) is 7.87. The highest BCUT2D eigenvalue weighted by Gasteiger charge is 2.32. The Balaban J connectivity index is 1.65. The van der Waals surface area contributed by atoms with E-state index < -0.39 is 0 Å². The fourth-order valence-corrected chi connectivity index (χ4v) is 3.19. The van der Waals surface area contributed by atoms with Gasteiger partial charge in [0, 0.05) is 43.4 Å². The lowest BCUT2D eigenvalue weighted by Gasteiger charge is -2.19. The van der Waals surface area contributed by atoms with E-state index in [1.807, 2.05) is 24.9 Å². The van der Waals surface area contributed by atoms with Gasteiger partial charge in [-0.2, -0.15) is 0 Å². The Morgan fingerprint density at radius 3 is 2.80 bits per heavy atom. The highest BCUT2D eigenvalue weighted by atomic mass is 16.2. The fraction of sp³-hybridized carbons (Fsp3) is 0.750. The summed E-state index contributed by atoms with van der Waals surface area (Å²) in [6.07, 6.45) is 5.71. The number of rotatable bonds is 4. The normalized spacial score (nSPS) is 22.8. The summed E-state index contributed by atoms with van der Waals surface area (Å²) in [4.78, 5) is 18.7. The molecule has 1 saturated heterocycles. The topological polar surface area (TPSA) is 38.1 Å². The Morgan fingerprint density at radius 1 is 1.40 bits per heavy atom. The van der Waals surface area contributed by atoms with E-state index in [1.165, 1.54) is 24.4 Å². The van der Waals surface area contributed by atoms with Crippen LogP contribution in [-0.2, 0) is 11.3 Å². The maximum absolute atomic E-state index is 12.1. The van der Waals surface area contributed by atoms with Crippen LogP contribution in [-0.4, -0.2) is 33.4 Å². The molecule has 2 aliphatic rings. The average molecular weight is 275 g/mol. The predicted octanol–water partition coefficient (Wildman–Crippen LogP) is 2.57. The molecule has 3 rings (SSSR count). The van der Waals surface area contributed by atoms with Gasteiger partial charge in [-0.1, -0.05) is 13.8 Å². The van der Waals surface area contributed by atoms with Gasteiger partial charge in [-0.15, -0.1) is 0 Å². The molecule has 4 heteroatoms. The maximum atomic E-state index is 12.1. The third-order valence-corrected chi connectivity index (χ3v) is 4.56. The summed E-state index contributed by atoms with van der Waals surface area (Å²) >= 11 is 0. The smallest absolute Gasteiger partial charge is 0.225 e. The second-order valence-electron chi connectivity index (χ2n) is 6.74. The van der Waals surface area contributed by atoms with Crippen LogP contribution in [0.2, 0.25) is 0 Å². The SMILES string of the molecule is Cc1cnc(C2CC2)n1CC1CCN(C(=O)C(C)C)C1. The Bertz CT molecular complexity index is 502. The highest BCUT2D eigenvalue weighted by Crippen LogP contribution is 2.40. The lowest BCUT2D eigenvalue weighted by atomic mass is 10.1. The zero-order valence-electron chi connectivity index (χ0n) is 12.8. The van der Waals surface area contributed by atoms with Crippen LogP contribution in [0.25, 0.3) is 0 Å². The van der Waals surface area contributed by atoms with Gasteiger partial charge >= 0.3 is 0 Å². The summed E-state index contributed by atoms with van der Waals surface area (Å²) in [6, 6.07) is 0. The summed E-state index contributed by atoms with van der Waals surface area (Å²) < 4.78 is 2.39. The van der Waals surface area contributed by atoms with Gasteiger partial charge in [0.15, 0.2) is 0 Å². The minimum Gasteiger partial charge on any atom is -0.342 e. The molecule has 2 fully saturated rings. The Kier molecular flexibility index (Phi) is 3.57. The molecule has 0 aromatic carbocycles. The van der Waals surface area contributed by atoms with E-state index in [1.54, 1.807) is 0 Å². The molecule has 1 aliphatic heterocycles. The standard InChI is InChI=1S/C16H25N3O/c1-11(2)16(20)18-7-6-13(9-18)10-19-12(3)8-17-15(19)14-4-5-14/h8,11,13-14H,4-7,9-10H2,1-3H3. The summed E-state index contributed by atoms with van der Waals surface area (Å²) in [5.74, 6) is 2.97. The molecular formula is C16H25N3O. The van der Waals surface area contributed by atoms with E-state index in [9.17, 15) is 4.79 Å². The van der Waals surface area contributed by atoms with Crippen LogP contribution in [0.5, 0.6) is 0 Å². The van der Waals surface area contributed by atoms with Gasteiger partial charge in [-0.25, -0.2) is 4.98 Å². The lowest BCUT2D eigenvalue weighted by Crippen LogP contribution is -2.32. The zero-order valence-corrected chi connectivity index (χ0v) is 12.8. The zero-order chi connectivity index (χ0) is 14.3. The number of nitrogens with zero attached hydrogens (tertiary/aromatic N) is 3. The summed E-state index contributed by atoms with van der Waals surface area (Å²) in [6.45, 7) is 8.99. The van der Waals surface area contributed by atoms with Gasteiger partial charge < -0.3 is 9.47 Å². The second-order valence-corrected chi connectivity index (χ2v) is 6.74. The van der Waals surface area contributed by atoms with Crippen molar-refractivity contribution in [2.24, 2.45) is 11.8 Å². The van der Waals surface area contributed by atoms with Crippen molar-refractivity contribution < 1.29 is 4.79 Å². The quantitative estimate of drug-likeness (QED) is 0.847. The number of amides is 1. The van der Waals surface area contributed by atoms with Crippen molar-refractivity contribution in [3.05, 3.63) is 17.7 Å². The lowest BCUT2D eigenvalue weighted by molar-refractivity contribution is -0.133. The molecule has 2 heterocycles. The molecule has 0 spiro atoms. The van der Waals surface area contributed by atoms with E-state index in [-0.39, 0.29) is 5.92 Å². The van der Waals surface area contributed by atoms with Crippen molar-refractivity contribution in [2.45, 2.75) is 52.5 Å². The van der Waals surface area contributed by atoms with Crippen LogP contribution in [0.15, 0.2) is 6.20 Å². The molecule has 1 aromatic rings. The molecule has 0 radical (unpaired) electrons. The van der Waals surface area contributed by atoms with Gasteiger partial charge in [-0.3, -0.25) is 4.79 Å². The minimum atomic E-state index is 0.116. The van der Waals surface area contributed by atoms with Crippen LogP contribution >= 0.6 is 0 Å². The molecule has 20 heavy (non-hydrogen) atoms. The summed E-state index contributed by atoms with van der Waals surface area (Å²) in [7, 11) is 0. The third-order valence-electron chi connectivity index (χ3n) is 4.56. The number of likely N-dealkylation sites (tertiary alicyclic amines) is 1. The molecule has 1 atom stereocenters. The number of hydrogen-bond donors (Lipinski definition) is 0. The number of carbonyl (C=O) groups is 1. The van der Waals surface area contributed by atoms with Crippen LogP contribution in [0.1, 0.15) is 50.5 Å². The van der Waals surface area contributed by atoms with Crippen LogP contribution in [0.3, 0.4) is 0 Å². The first-order chi connectivity index (χ1) is 9.56. The van der Waals surface area contributed by atoms with Crippen LogP contribution in [0.4, 0.5) is 0 Å². The molecule has 1 amide bonds. The predicted molar refractivity (Wildman–Crippen MR) is 78.5 cm³/mol. The second kappa shape index (κ2) is 5.23. The molecule has 1 saturated carbocycles. The maximum Gasteiger partial charge on any atom is 0.225 e. The number of hydrogen-bond acceptors (Lipinski definition) is 2. The monoisotopic (exact) mass is 275 g/mol. The van der Waals surface area contributed by atoms with Crippen molar-refractivity contribution >= 4 is 5.91 Å². The third kappa shape index (κ3) is 2.60. The molecule has 4 nitrogen and oxygen atoms in total. The molecular weight excluding hydrogens is 250 g/mol. The molecule has 0 bridgehead atoms. The first kappa shape index (κ1) is 13.7. The molecule has 0 N–H and O–H groups in total. The number of aromatic nitrogens is 2. The minimum absolute atomic E-state index is 0.116. The Morgan fingerprint density at radius 2 is 2.15 bits per heavy atom. The van der Waals surface area contributed by atoms with Gasteiger partial charge in [0.1, 0.15) is 5.82 Å². The van der Waals surface area contributed by atoms with Gasteiger partial charge in [0.05, 0.1) is 0 Å². The molecule has 110 valence electrons. The van der Waals surface area contributed by atoms with Crippen LogP contribution < -0.4 is 0 Å². The van der Waals surface area contributed by atoms with Gasteiger partial charge in [-0.05, 0) is 32.1 Å². The summed E-state index contributed by atoms with van der Waals surface area (Å²) in [5.41, 5.74) is 1.26. The van der Waals surface area contributed by atoms with Crippen molar-refractivity contribution in [3.8, 4) is 0 Å². The fourth-order valence-electron chi connectivity index (χ4n) is 3.19. The number of carbonyl (C=O) groups excluding carboxylic acids is 1. The molecule has 1 aliphatic carbocycles. The summed E-state index contributed by atoms with van der Waals surface area (Å²) in [5, 5.41) is 0. The largest absolute Gasteiger partial charge is 0.342 e. The Hall–Kier alpha value is -1.32. The number of imidazole rings is 1. The Labute approximate surface area is 121 Å². The van der Waals surface area contributed by atoms with Crippen molar-refractivity contribution in [3.63, 3.8) is 0 Å². The van der Waals surface area contributed by atoms with E-state index in [4.69, 9.17) is 0 Å². The van der Waals surface area contributed by atoms with Crippen molar-refractivity contribution in [1.82, 2.24) is 14.5 Å². The first-order valence-corrected chi connectivity index (χ1v) is 7.87. The van der Waals surface area contributed by atoms with Crippen molar-refractivity contribution in [2.75, 3.05) is 13.1 Å². The number of aryl methyl sites for hydroxylation is 1. The van der Waals surface area contributed by atoms with E-state index in [0.29, 0.717) is 17.7 Å².